The minimum absolute atomic E-state index is 0.0591. The summed E-state index contributed by atoms with van der Waals surface area (Å²) in [6.07, 6.45) is 4.25. The second-order valence-electron chi connectivity index (χ2n) is 3.33. The third kappa shape index (κ3) is 5.42. The molecule has 3 heteroatoms. The number of nitrogens with one attached hydrogen (secondary N) is 1. The molecule has 0 bridgehead atoms. The van der Waals surface area contributed by atoms with Gasteiger partial charge in [0.2, 0.25) is 5.91 Å². The highest BCUT2D eigenvalue weighted by molar-refractivity contribution is 5.81. The van der Waals surface area contributed by atoms with Crippen molar-refractivity contribution in [1.82, 2.24) is 5.32 Å². The van der Waals surface area contributed by atoms with Crippen LogP contribution in [0.2, 0.25) is 0 Å². The molecule has 0 aromatic carbocycles. The topological polar surface area (TPSA) is 55.1 Å². The first-order chi connectivity index (χ1) is 6.11. The summed E-state index contributed by atoms with van der Waals surface area (Å²) in [4.78, 5) is 11.3. The smallest absolute Gasteiger partial charge is 0.237 e. The van der Waals surface area contributed by atoms with Gasteiger partial charge in [-0.05, 0) is 19.8 Å². The molecule has 2 atom stereocenters. The van der Waals surface area contributed by atoms with Gasteiger partial charge in [0.25, 0.3) is 0 Å². The summed E-state index contributed by atoms with van der Waals surface area (Å²) >= 11 is 0. The molecule has 0 aliphatic heterocycles. The van der Waals surface area contributed by atoms with Crippen LogP contribution in [0.5, 0.6) is 0 Å². The first-order valence-electron chi connectivity index (χ1n) is 4.78. The van der Waals surface area contributed by atoms with Crippen molar-refractivity contribution in [3.63, 3.8) is 0 Å². The Morgan fingerprint density at radius 3 is 2.77 bits per heavy atom. The van der Waals surface area contributed by atoms with Crippen LogP contribution in [0.3, 0.4) is 0 Å². The summed E-state index contributed by atoms with van der Waals surface area (Å²) in [5.74, 6) is -0.0591. The molecule has 0 aliphatic rings. The minimum atomic E-state index is -0.364. The molecule has 0 saturated carbocycles. The lowest BCUT2D eigenvalue weighted by molar-refractivity contribution is -0.123. The van der Waals surface area contributed by atoms with Crippen molar-refractivity contribution in [2.75, 3.05) is 0 Å². The number of amides is 1. The molecule has 1 amide bonds. The maximum Gasteiger partial charge on any atom is 0.237 e. The van der Waals surface area contributed by atoms with Crippen LogP contribution in [0.25, 0.3) is 0 Å². The van der Waals surface area contributed by atoms with Crippen molar-refractivity contribution >= 4 is 5.91 Å². The van der Waals surface area contributed by atoms with E-state index >= 15 is 0 Å². The summed E-state index contributed by atoms with van der Waals surface area (Å²) in [5, 5.41) is 2.83. The van der Waals surface area contributed by atoms with Crippen LogP contribution in [-0.2, 0) is 4.79 Å². The van der Waals surface area contributed by atoms with E-state index in [0.717, 1.165) is 19.3 Å². The van der Waals surface area contributed by atoms with E-state index in [0.29, 0.717) is 0 Å². The zero-order valence-electron chi connectivity index (χ0n) is 8.55. The predicted molar refractivity (Wildman–Crippen MR) is 55.3 cm³/mol. The van der Waals surface area contributed by atoms with Gasteiger partial charge in [-0.2, -0.15) is 0 Å². The Kier molecular flexibility index (Phi) is 6.24. The Balaban J connectivity index is 3.77. The summed E-state index contributed by atoms with van der Waals surface area (Å²) in [6.45, 7) is 7.56. The fourth-order valence-electron chi connectivity index (χ4n) is 1.10. The minimum Gasteiger partial charge on any atom is -0.352 e. The molecule has 0 radical (unpaired) electrons. The third-order valence-electron chi connectivity index (χ3n) is 1.85. The van der Waals surface area contributed by atoms with E-state index in [9.17, 15) is 4.79 Å². The highest BCUT2D eigenvalue weighted by Gasteiger charge is 2.13. The third-order valence-corrected chi connectivity index (χ3v) is 1.85. The molecule has 0 spiro atoms. The SMILES string of the molecule is C=CCC(C)NC(=O)[C@H](N)CCC. The number of carbonyl (C=O) groups is 1. The summed E-state index contributed by atoms with van der Waals surface area (Å²) < 4.78 is 0. The highest BCUT2D eigenvalue weighted by Crippen LogP contribution is 1.96. The molecule has 0 aromatic heterocycles. The Morgan fingerprint density at radius 1 is 1.69 bits per heavy atom. The monoisotopic (exact) mass is 184 g/mol. The lowest BCUT2D eigenvalue weighted by Crippen LogP contribution is -2.44. The maximum atomic E-state index is 11.3. The molecule has 0 fully saturated rings. The summed E-state index contributed by atoms with van der Waals surface area (Å²) in [5.41, 5.74) is 5.63. The van der Waals surface area contributed by atoms with Crippen LogP contribution in [0.4, 0.5) is 0 Å². The normalized spacial score (nSPS) is 14.7. The Morgan fingerprint density at radius 2 is 2.31 bits per heavy atom. The van der Waals surface area contributed by atoms with Gasteiger partial charge in [-0.1, -0.05) is 19.4 Å². The van der Waals surface area contributed by atoms with Crippen LogP contribution < -0.4 is 11.1 Å². The molecule has 76 valence electrons. The molecule has 13 heavy (non-hydrogen) atoms. The van der Waals surface area contributed by atoms with E-state index in [4.69, 9.17) is 5.73 Å². The zero-order chi connectivity index (χ0) is 10.3. The van der Waals surface area contributed by atoms with Gasteiger partial charge in [-0.25, -0.2) is 0 Å². The van der Waals surface area contributed by atoms with Gasteiger partial charge in [0, 0.05) is 6.04 Å². The average Bonchev–Trinajstić information content (AvgIpc) is 2.05. The van der Waals surface area contributed by atoms with Crippen molar-refractivity contribution in [1.29, 1.82) is 0 Å². The van der Waals surface area contributed by atoms with E-state index in [1.807, 2.05) is 13.8 Å². The number of nitrogens with two attached hydrogens (primary N) is 1. The average molecular weight is 184 g/mol. The molecule has 0 saturated heterocycles. The van der Waals surface area contributed by atoms with E-state index in [1.165, 1.54) is 0 Å². The van der Waals surface area contributed by atoms with Gasteiger partial charge < -0.3 is 11.1 Å². The van der Waals surface area contributed by atoms with Crippen molar-refractivity contribution in [3.8, 4) is 0 Å². The van der Waals surface area contributed by atoms with Gasteiger partial charge in [0.15, 0.2) is 0 Å². The summed E-state index contributed by atoms with van der Waals surface area (Å²) in [6, 6.07) is -0.231. The molecule has 0 rings (SSSR count). The van der Waals surface area contributed by atoms with Crippen molar-refractivity contribution in [2.45, 2.75) is 45.2 Å². The zero-order valence-corrected chi connectivity index (χ0v) is 8.55. The van der Waals surface area contributed by atoms with Crippen LogP contribution >= 0.6 is 0 Å². The van der Waals surface area contributed by atoms with Crippen molar-refractivity contribution in [3.05, 3.63) is 12.7 Å². The number of carbonyl (C=O) groups excluding carboxylic acids is 1. The molecule has 0 heterocycles. The van der Waals surface area contributed by atoms with Gasteiger partial charge in [-0.3, -0.25) is 4.79 Å². The van der Waals surface area contributed by atoms with Crippen LogP contribution in [-0.4, -0.2) is 18.0 Å². The molecule has 3 N–H and O–H groups in total. The maximum absolute atomic E-state index is 11.3. The second kappa shape index (κ2) is 6.66. The quantitative estimate of drug-likeness (QED) is 0.609. The predicted octanol–water partition coefficient (Wildman–Crippen LogP) is 1.19. The van der Waals surface area contributed by atoms with Gasteiger partial charge in [-0.15, -0.1) is 6.58 Å². The standard InChI is InChI=1S/C10H20N2O/c1-4-6-8(3)12-10(13)9(11)7-5-2/h4,8-9H,1,5-7,11H2,2-3H3,(H,12,13)/t8?,9-/m1/s1. The second-order valence-corrected chi connectivity index (χ2v) is 3.33. The Hall–Kier alpha value is -0.830. The van der Waals surface area contributed by atoms with Crippen LogP contribution in [0.15, 0.2) is 12.7 Å². The molecule has 0 aliphatic carbocycles. The summed E-state index contributed by atoms with van der Waals surface area (Å²) in [7, 11) is 0. The van der Waals surface area contributed by atoms with Gasteiger partial charge in [0.05, 0.1) is 6.04 Å². The Bertz CT molecular complexity index is 168. The number of rotatable bonds is 6. The lowest BCUT2D eigenvalue weighted by atomic mass is 10.1. The van der Waals surface area contributed by atoms with Crippen molar-refractivity contribution < 1.29 is 4.79 Å². The fourth-order valence-corrected chi connectivity index (χ4v) is 1.10. The molecule has 0 aromatic rings. The number of hydrogen-bond acceptors (Lipinski definition) is 2. The van der Waals surface area contributed by atoms with E-state index in [2.05, 4.69) is 11.9 Å². The molecule has 3 nitrogen and oxygen atoms in total. The molecular weight excluding hydrogens is 164 g/mol. The van der Waals surface area contributed by atoms with E-state index in [-0.39, 0.29) is 18.0 Å². The highest BCUT2D eigenvalue weighted by atomic mass is 16.2. The largest absolute Gasteiger partial charge is 0.352 e. The van der Waals surface area contributed by atoms with Crippen LogP contribution in [0, 0.1) is 0 Å². The Labute approximate surface area is 80.4 Å². The fraction of sp³-hybridized carbons (Fsp3) is 0.700. The lowest BCUT2D eigenvalue weighted by Gasteiger charge is -2.15. The first-order valence-corrected chi connectivity index (χ1v) is 4.78. The van der Waals surface area contributed by atoms with Gasteiger partial charge in [0.1, 0.15) is 0 Å². The molecular formula is C10H20N2O. The van der Waals surface area contributed by atoms with Crippen LogP contribution in [0.1, 0.15) is 33.1 Å². The van der Waals surface area contributed by atoms with Crippen molar-refractivity contribution in [2.24, 2.45) is 5.73 Å². The molecule has 1 unspecified atom stereocenters. The first kappa shape index (κ1) is 12.2. The van der Waals surface area contributed by atoms with E-state index in [1.54, 1.807) is 6.08 Å². The van der Waals surface area contributed by atoms with Gasteiger partial charge >= 0.3 is 0 Å². The number of hydrogen-bond donors (Lipinski definition) is 2. The van der Waals surface area contributed by atoms with E-state index < -0.39 is 0 Å².